The van der Waals surface area contributed by atoms with Crippen molar-refractivity contribution in [3.63, 3.8) is 0 Å². The van der Waals surface area contributed by atoms with E-state index >= 15 is 0 Å². The number of carbonyl (C=O) groups is 1. The molecule has 0 fully saturated rings. The number of hydrogen-bond donors (Lipinski definition) is 0. The number of rotatable bonds is 4. The van der Waals surface area contributed by atoms with Crippen molar-refractivity contribution in [3.05, 3.63) is 59.7 Å². The molecule has 2 rings (SSSR count). The SMILES string of the molecule is CCCc1ccc(-c2ccccc2)cc1C=O. The third-order valence-electron chi connectivity index (χ3n) is 2.90. The van der Waals surface area contributed by atoms with Crippen LogP contribution in [0.2, 0.25) is 0 Å². The van der Waals surface area contributed by atoms with Crippen molar-refractivity contribution in [2.75, 3.05) is 0 Å². The first kappa shape index (κ1) is 11.6. The van der Waals surface area contributed by atoms with Gasteiger partial charge in [-0.25, -0.2) is 0 Å². The maximum absolute atomic E-state index is 11.1. The van der Waals surface area contributed by atoms with Gasteiger partial charge in [0.15, 0.2) is 0 Å². The molecule has 2 aromatic carbocycles. The van der Waals surface area contributed by atoms with Crippen molar-refractivity contribution < 1.29 is 4.79 Å². The summed E-state index contributed by atoms with van der Waals surface area (Å²) in [6, 6.07) is 16.3. The lowest BCUT2D eigenvalue weighted by Crippen LogP contribution is -1.93. The Morgan fingerprint density at radius 2 is 1.76 bits per heavy atom. The van der Waals surface area contributed by atoms with Gasteiger partial charge in [0, 0.05) is 5.56 Å². The Morgan fingerprint density at radius 1 is 1.00 bits per heavy atom. The first-order valence-electron chi connectivity index (χ1n) is 5.98. The Morgan fingerprint density at radius 3 is 2.41 bits per heavy atom. The molecule has 0 amide bonds. The van der Waals surface area contributed by atoms with E-state index in [4.69, 9.17) is 0 Å². The Kier molecular flexibility index (Phi) is 3.71. The Balaban J connectivity index is 2.41. The molecule has 0 radical (unpaired) electrons. The predicted octanol–water partition coefficient (Wildman–Crippen LogP) is 4.12. The molecule has 1 heteroatoms. The van der Waals surface area contributed by atoms with Crippen molar-refractivity contribution in [3.8, 4) is 11.1 Å². The normalized spacial score (nSPS) is 10.2. The average molecular weight is 224 g/mol. The van der Waals surface area contributed by atoms with Gasteiger partial charge < -0.3 is 0 Å². The standard InChI is InChI=1S/C16H16O/c1-2-6-13-9-10-15(11-16(13)12-17)14-7-4-3-5-8-14/h3-5,7-12H,2,6H2,1H3. The monoisotopic (exact) mass is 224 g/mol. The van der Waals surface area contributed by atoms with Crippen LogP contribution >= 0.6 is 0 Å². The highest BCUT2D eigenvalue weighted by atomic mass is 16.1. The molecule has 86 valence electrons. The fourth-order valence-corrected chi connectivity index (χ4v) is 2.01. The summed E-state index contributed by atoms with van der Waals surface area (Å²) in [6.07, 6.45) is 2.98. The van der Waals surface area contributed by atoms with Gasteiger partial charge in [0.2, 0.25) is 0 Å². The number of hydrogen-bond acceptors (Lipinski definition) is 1. The molecule has 0 aliphatic carbocycles. The summed E-state index contributed by atoms with van der Waals surface area (Å²) >= 11 is 0. The van der Waals surface area contributed by atoms with Gasteiger partial charge in [-0.1, -0.05) is 55.8 Å². The minimum Gasteiger partial charge on any atom is -0.298 e. The zero-order valence-corrected chi connectivity index (χ0v) is 10.0. The largest absolute Gasteiger partial charge is 0.298 e. The fraction of sp³-hybridized carbons (Fsp3) is 0.188. The van der Waals surface area contributed by atoms with Crippen LogP contribution in [0.5, 0.6) is 0 Å². The molecule has 17 heavy (non-hydrogen) atoms. The van der Waals surface area contributed by atoms with Crippen LogP contribution in [0, 0.1) is 0 Å². The van der Waals surface area contributed by atoms with E-state index in [9.17, 15) is 4.79 Å². The van der Waals surface area contributed by atoms with E-state index in [1.165, 1.54) is 0 Å². The molecule has 0 bridgehead atoms. The molecule has 0 atom stereocenters. The lowest BCUT2D eigenvalue weighted by atomic mass is 9.97. The zero-order chi connectivity index (χ0) is 12.1. The lowest BCUT2D eigenvalue weighted by molar-refractivity contribution is 0.112. The van der Waals surface area contributed by atoms with E-state index < -0.39 is 0 Å². The quantitative estimate of drug-likeness (QED) is 0.714. The lowest BCUT2D eigenvalue weighted by Gasteiger charge is -2.07. The Labute approximate surface area is 102 Å². The molecular formula is C16H16O. The maximum Gasteiger partial charge on any atom is 0.150 e. The highest BCUT2D eigenvalue weighted by molar-refractivity contribution is 5.81. The van der Waals surface area contributed by atoms with Crippen LogP contribution in [0.15, 0.2) is 48.5 Å². The first-order valence-corrected chi connectivity index (χ1v) is 5.98. The second kappa shape index (κ2) is 5.44. The average Bonchev–Trinajstić information content (AvgIpc) is 2.40. The van der Waals surface area contributed by atoms with Crippen LogP contribution in [-0.2, 0) is 6.42 Å². The van der Waals surface area contributed by atoms with Crippen LogP contribution < -0.4 is 0 Å². The van der Waals surface area contributed by atoms with Crippen LogP contribution in [0.1, 0.15) is 29.3 Å². The van der Waals surface area contributed by atoms with E-state index in [1.54, 1.807) is 0 Å². The molecule has 1 nitrogen and oxygen atoms in total. The van der Waals surface area contributed by atoms with Crippen LogP contribution in [0.3, 0.4) is 0 Å². The highest BCUT2D eigenvalue weighted by Crippen LogP contribution is 2.22. The van der Waals surface area contributed by atoms with Gasteiger partial charge in [-0.15, -0.1) is 0 Å². The molecule has 0 spiro atoms. The van der Waals surface area contributed by atoms with Gasteiger partial charge in [-0.2, -0.15) is 0 Å². The summed E-state index contributed by atoms with van der Waals surface area (Å²) in [5.74, 6) is 0. The smallest absolute Gasteiger partial charge is 0.150 e. The summed E-state index contributed by atoms with van der Waals surface area (Å²) < 4.78 is 0. The van der Waals surface area contributed by atoms with Gasteiger partial charge in [0.1, 0.15) is 6.29 Å². The number of aryl methyl sites for hydroxylation is 1. The van der Waals surface area contributed by atoms with E-state index in [0.717, 1.165) is 41.4 Å². The van der Waals surface area contributed by atoms with Crippen molar-refractivity contribution in [1.82, 2.24) is 0 Å². The van der Waals surface area contributed by atoms with Crippen molar-refractivity contribution in [2.45, 2.75) is 19.8 Å². The summed E-state index contributed by atoms with van der Waals surface area (Å²) in [5, 5.41) is 0. The second-order valence-electron chi connectivity index (χ2n) is 4.15. The van der Waals surface area contributed by atoms with E-state index in [0.29, 0.717) is 0 Å². The van der Waals surface area contributed by atoms with Crippen molar-refractivity contribution in [1.29, 1.82) is 0 Å². The first-order chi connectivity index (χ1) is 8.35. The summed E-state index contributed by atoms with van der Waals surface area (Å²) in [4.78, 5) is 11.1. The van der Waals surface area contributed by atoms with E-state index in [1.807, 2.05) is 24.3 Å². The van der Waals surface area contributed by atoms with E-state index in [-0.39, 0.29) is 0 Å². The zero-order valence-electron chi connectivity index (χ0n) is 10.0. The molecule has 0 heterocycles. The highest BCUT2D eigenvalue weighted by Gasteiger charge is 2.03. The van der Waals surface area contributed by atoms with Crippen LogP contribution in [0.25, 0.3) is 11.1 Å². The third-order valence-corrected chi connectivity index (χ3v) is 2.90. The van der Waals surface area contributed by atoms with Crippen LogP contribution in [-0.4, -0.2) is 6.29 Å². The Hall–Kier alpha value is -1.89. The molecule has 2 aromatic rings. The minimum atomic E-state index is 0.813. The Bertz CT molecular complexity index is 500. The second-order valence-corrected chi connectivity index (χ2v) is 4.15. The summed E-state index contributed by atoms with van der Waals surface area (Å²) in [7, 11) is 0. The molecule has 0 N–H and O–H groups in total. The molecule has 0 unspecified atom stereocenters. The number of carbonyl (C=O) groups excluding carboxylic acids is 1. The molecule has 0 aliphatic rings. The minimum absolute atomic E-state index is 0.813. The van der Waals surface area contributed by atoms with Gasteiger partial charge in [0.05, 0.1) is 0 Å². The summed E-state index contributed by atoms with van der Waals surface area (Å²) in [6.45, 7) is 2.12. The number of benzene rings is 2. The van der Waals surface area contributed by atoms with E-state index in [2.05, 4.69) is 31.2 Å². The van der Waals surface area contributed by atoms with Crippen LogP contribution in [0.4, 0.5) is 0 Å². The van der Waals surface area contributed by atoms with Gasteiger partial charge in [-0.05, 0) is 29.2 Å². The maximum atomic E-state index is 11.1. The fourth-order valence-electron chi connectivity index (χ4n) is 2.01. The van der Waals surface area contributed by atoms with Gasteiger partial charge >= 0.3 is 0 Å². The van der Waals surface area contributed by atoms with Gasteiger partial charge in [-0.3, -0.25) is 4.79 Å². The molecule has 0 saturated carbocycles. The van der Waals surface area contributed by atoms with Crippen molar-refractivity contribution in [2.24, 2.45) is 0 Å². The van der Waals surface area contributed by atoms with Crippen molar-refractivity contribution >= 4 is 6.29 Å². The number of aldehydes is 1. The molecular weight excluding hydrogens is 208 g/mol. The molecule has 0 aliphatic heterocycles. The molecule has 0 saturated heterocycles. The summed E-state index contributed by atoms with van der Waals surface area (Å²) in [5.41, 5.74) is 4.21. The molecule has 0 aromatic heterocycles. The van der Waals surface area contributed by atoms with Gasteiger partial charge in [0.25, 0.3) is 0 Å². The predicted molar refractivity (Wildman–Crippen MR) is 71.3 cm³/mol. The topological polar surface area (TPSA) is 17.1 Å². The third kappa shape index (κ3) is 2.62.